The van der Waals surface area contributed by atoms with E-state index in [1.165, 1.54) is 0 Å². The molecule has 2 nitrogen and oxygen atoms in total. The first-order valence-electron chi connectivity index (χ1n) is 3.25. The van der Waals surface area contributed by atoms with Crippen molar-refractivity contribution in [3.05, 3.63) is 11.4 Å². The lowest BCUT2D eigenvalue weighted by Crippen LogP contribution is -2.33. The van der Waals surface area contributed by atoms with Gasteiger partial charge in [-0.1, -0.05) is 0 Å². The largest absolute Gasteiger partial charge is 0.509 e. The van der Waals surface area contributed by atoms with E-state index >= 15 is 0 Å². The normalized spacial score (nSPS) is 9.54. The van der Waals surface area contributed by atoms with Gasteiger partial charge in [-0.25, -0.2) is 4.39 Å². The van der Waals surface area contributed by atoms with E-state index in [9.17, 15) is 4.39 Å². The maximum Gasteiger partial charge on any atom is 0.123 e. The third kappa shape index (κ3) is 1.31. The lowest BCUT2D eigenvalue weighted by Gasteiger charge is -2.11. The summed E-state index contributed by atoms with van der Waals surface area (Å²) in [6, 6.07) is 1.57. The second-order valence-corrected chi connectivity index (χ2v) is 2.39. The first-order valence-corrected chi connectivity index (χ1v) is 3.25. The molecule has 0 atom stereocenters. The number of nitriles is 1. The molecule has 0 spiro atoms. The van der Waals surface area contributed by atoms with Crippen molar-refractivity contribution in [2.24, 2.45) is 0 Å². The first kappa shape index (κ1) is 9.72. The predicted molar refractivity (Wildman–Crippen MR) is 48.9 cm³/mol. The zero-order valence-electron chi connectivity index (χ0n) is 6.50. The van der Waals surface area contributed by atoms with Crippen molar-refractivity contribution < 1.29 is 9.50 Å². The Morgan fingerprint density at radius 2 is 1.69 bits per heavy atom. The SMILES string of the molecule is [B]c1c(O)c([B])c(C#N)c([B])c1F. The fourth-order valence-corrected chi connectivity index (χ4v) is 0.888. The highest BCUT2D eigenvalue weighted by Crippen LogP contribution is 2.03. The van der Waals surface area contributed by atoms with E-state index in [2.05, 4.69) is 0 Å². The Bertz CT molecular complexity index is 384. The molecule has 1 N–H and O–H groups in total. The summed E-state index contributed by atoms with van der Waals surface area (Å²) in [7, 11) is 15.6. The van der Waals surface area contributed by atoms with Crippen LogP contribution in [0.15, 0.2) is 0 Å². The Balaban J connectivity index is 3.69. The molecule has 1 rings (SSSR count). The molecule has 0 unspecified atom stereocenters. The molecule has 1 aromatic carbocycles. The minimum absolute atomic E-state index is 0.302. The van der Waals surface area contributed by atoms with E-state index in [1.807, 2.05) is 0 Å². The van der Waals surface area contributed by atoms with Gasteiger partial charge in [0.1, 0.15) is 35.1 Å². The lowest BCUT2D eigenvalue weighted by molar-refractivity contribution is 0.480. The van der Waals surface area contributed by atoms with E-state index in [4.69, 9.17) is 33.9 Å². The third-order valence-corrected chi connectivity index (χ3v) is 1.63. The summed E-state index contributed by atoms with van der Waals surface area (Å²) in [5, 5.41) is 17.6. The van der Waals surface area contributed by atoms with E-state index in [-0.39, 0.29) is 11.0 Å². The predicted octanol–water partition coefficient (Wildman–Crippen LogP) is -2.22. The highest BCUT2D eigenvalue weighted by Gasteiger charge is 2.14. The van der Waals surface area contributed by atoms with Crippen LogP contribution in [0.4, 0.5) is 4.39 Å². The minimum Gasteiger partial charge on any atom is -0.509 e. The Hall–Kier alpha value is -1.37. The number of rotatable bonds is 0. The standard InChI is InChI=1S/C7HB3FNO/c8-3-2(1-12)4(9)7(13)5(10)6(3)11/h13H. The summed E-state index contributed by atoms with van der Waals surface area (Å²) in [6.07, 6.45) is 0. The average molecular weight is 167 g/mol. The molecular formula is C7HB3FNO. The summed E-state index contributed by atoms with van der Waals surface area (Å²) in [6.45, 7) is 0. The van der Waals surface area contributed by atoms with Crippen molar-refractivity contribution in [3.8, 4) is 11.8 Å². The fraction of sp³-hybridized carbons (Fsp3) is 0. The van der Waals surface area contributed by atoms with Gasteiger partial charge in [0.2, 0.25) is 0 Å². The van der Waals surface area contributed by atoms with Gasteiger partial charge >= 0.3 is 0 Å². The van der Waals surface area contributed by atoms with Gasteiger partial charge in [0.15, 0.2) is 0 Å². The Kier molecular flexibility index (Phi) is 2.37. The van der Waals surface area contributed by atoms with Crippen molar-refractivity contribution in [2.75, 3.05) is 0 Å². The van der Waals surface area contributed by atoms with Gasteiger partial charge in [-0.15, -0.1) is 0 Å². The van der Waals surface area contributed by atoms with E-state index in [1.54, 1.807) is 6.07 Å². The highest BCUT2D eigenvalue weighted by atomic mass is 19.1. The molecule has 0 saturated carbocycles. The zero-order valence-corrected chi connectivity index (χ0v) is 6.50. The number of hydrogen-bond donors (Lipinski definition) is 1. The van der Waals surface area contributed by atoms with Crippen molar-refractivity contribution in [1.82, 2.24) is 0 Å². The molecule has 6 radical (unpaired) electrons. The molecule has 0 heterocycles. The van der Waals surface area contributed by atoms with Crippen molar-refractivity contribution in [2.45, 2.75) is 0 Å². The number of phenols is 1. The number of halogens is 1. The van der Waals surface area contributed by atoms with Crippen LogP contribution in [0.25, 0.3) is 0 Å². The molecule has 56 valence electrons. The zero-order chi connectivity index (χ0) is 10.2. The number of hydrogen-bond acceptors (Lipinski definition) is 2. The summed E-state index contributed by atoms with van der Waals surface area (Å²) >= 11 is 0. The molecular weight excluding hydrogens is 166 g/mol. The van der Waals surface area contributed by atoms with Crippen LogP contribution >= 0.6 is 0 Å². The fourth-order valence-electron chi connectivity index (χ4n) is 0.888. The summed E-state index contributed by atoms with van der Waals surface area (Å²) in [4.78, 5) is 0. The van der Waals surface area contributed by atoms with Gasteiger partial charge in [0, 0.05) is 5.56 Å². The molecule has 0 aromatic heterocycles. The van der Waals surface area contributed by atoms with Crippen LogP contribution in [0.2, 0.25) is 0 Å². The van der Waals surface area contributed by atoms with Crippen molar-refractivity contribution in [3.63, 3.8) is 0 Å². The smallest absolute Gasteiger partial charge is 0.123 e. The van der Waals surface area contributed by atoms with Gasteiger partial charge < -0.3 is 5.11 Å². The first-order chi connectivity index (χ1) is 6.00. The second-order valence-electron chi connectivity index (χ2n) is 2.39. The molecule has 0 aliphatic rings. The van der Waals surface area contributed by atoms with Gasteiger partial charge in [-0.05, 0) is 16.4 Å². The lowest BCUT2D eigenvalue weighted by atomic mass is 9.75. The van der Waals surface area contributed by atoms with Crippen LogP contribution in [0, 0.1) is 17.1 Å². The Labute approximate surface area is 78.6 Å². The highest BCUT2D eigenvalue weighted by molar-refractivity contribution is 6.47. The quantitative estimate of drug-likeness (QED) is 0.444. The van der Waals surface area contributed by atoms with E-state index in [0.717, 1.165) is 0 Å². The van der Waals surface area contributed by atoms with Crippen LogP contribution in [0.1, 0.15) is 5.56 Å². The molecule has 1 aromatic rings. The van der Waals surface area contributed by atoms with Gasteiger partial charge in [0.25, 0.3) is 0 Å². The van der Waals surface area contributed by atoms with Crippen LogP contribution in [0.5, 0.6) is 5.75 Å². The molecule has 0 bridgehead atoms. The van der Waals surface area contributed by atoms with Crippen LogP contribution in [0.3, 0.4) is 0 Å². The van der Waals surface area contributed by atoms with E-state index in [0.29, 0.717) is 0 Å². The van der Waals surface area contributed by atoms with Crippen LogP contribution in [-0.2, 0) is 0 Å². The summed E-state index contributed by atoms with van der Waals surface area (Å²) in [5.41, 5.74) is -1.60. The Morgan fingerprint density at radius 3 is 2.15 bits per heavy atom. The Morgan fingerprint density at radius 1 is 1.15 bits per heavy atom. The van der Waals surface area contributed by atoms with Crippen molar-refractivity contribution >= 4 is 39.9 Å². The molecule has 0 amide bonds. The van der Waals surface area contributed by atoms with Crippen LogP contribution < -0.4 is 16.4 Å². The van der Waals surface area contributed by atoms with Gasteiger partial charge in [-0.3, -0.25) is 0 Å². The summed E-state index contributed by atoms with van der Waals surface area (Å²) in [5.74, 6) is -1.67. The van der Waals surface area contributed by atoms with Crippen LogP contribution in [-0.4, -0.2) is 28.6 Å². The molecule has 0 fully saturated rings. The van der Waals surface area contributed by atoms with Gasteiger partial charge in [0.05, 0.1) is 6.07 Å². The number of phenolic OH excluding ortho intramolecular Hbond substituents is 1. The number of benzene rings is 1. The molecule has 13 heavy (non-hydrogen) atoms. The molecule has 0 aliphatic heterocycles. The topological polar surface area (TPSA) is 44.0 Å². The molecule has 0 aliphatic carbocycles. The molecule has 0 saturated heterocycles. The maximum absolute atomic E-state index is 13.0. The number of nitrogens with zero attached hydrogens (tertiary/aromatic N) is 1. The van der Waals surface area contributed by atoms with Crippen molar-refractivity contribution in [1.29, 1.82) is 5.26 Å². The van der Waals surface area contributed by atoms with Gasteiger partial charge in [-0.2, -0.15) is 5.26 Å². The molecule has 6 heteroatoms. The monoisotopic (exact) mass is 167 g/mol. The average Bonchev–Trinajstić information content (AvgIpc) is 2.13. The summed E-state index contributed by atoms with van der Waals surface area (Å²) < 4.78 is 13.0. The second kappa shape index (κ2) is 3.17. The number of aromatic hydroxyl groups is 1. The maximum atomic E-state index is 13.0. The minimum atomic E-state index is -1.02. The van der Waals surface area contributed by atoms with E-state index < -0.39 is 22.5 Å². The third-order valence-electron chi connectivity index (χ3n) is 1.63.